The lowest BCUT2D eigenvalue weighted by Crippen LogP contribution is -2.43. The zero-order valence-electron chi connectivity index (χ0n) is 18.4. The van der Waals surface area contributed by atoms with E-state index in [1.807, 2.05) is 36.4 Å². The number of hydrogen-bond acceptors (Lipinski definition) is 5. The van der Waals surface area contributed by atoms with Crippen LogP contribution < -0.4 is 14.8 Å². The summed E-state index contributed by atoms with van der Waals surface area (Å²) in [6.07, 6.45) is -0.746. The maximum Gasteiger partial charge on any atom is 0.407 e. The maximum absolute atomic E-state index is 12.5. The third-order valence-electron chi connectivity index (χ3n) is 5.85. The topological polar surface area (TPSA) is 94.1 Å². The Labute approximate surface area is 191 Å². The van der Waals surface area contributed by atoms with Crippen LogP contribution >= 0.6 is 0 Å². The van der Waals surface area contributed by atoms with Crippen LogP contribution in [0.2, 0.25) is 0 Å². The summed E-state index contributed by atoms with van der Waals surface area (Å²) in [5, 5.41) is 12.1. The van der Waals surface area contributed by atoms with Crippen molar-refractivity contribution >= 4 is 12.1 Å². The van der Waals surface area contributed by atoms with E-state index in [0.717, 1.165) is 22.3 Å². The van der Waals surface area contributed by atoms with Crippen LogP contribution in [0.1, 0.15) is 22.6 Å². The highest BCUT2D eigenvalue weighted by atomic mass is 16.5. The van der Waals surface area contributed by atoms with Crippen LogP contribution in [0, 0.1) is 0 Å². The lowest BCUT2D eigenvalue weighted by Gasteiger charge is -2.18. The van der Waals surface area contributed by atoms with Crippen molar-refractivity contribution in [2.24, 2.45) is 0 Å². The van der Waals surface area contributed by atoms with Gasteiger partial charge in [0.1, 0.15) is 24.1 Å². The predicted octanol–water partition coefficient (Wildman–Crippen LogP) is 4.24. The second-order valence-electron chi connectivity index (χ2n) is 7.74. The summed E-state index contributed by atoms with van der Waals surface area (Å²) in [5.41, 5.74) is 5.05. The van der Waals surface area contributed by atoms with Gasteiger partial charge in [-0.15, -0.1) is 0 Å². The molecule has 170 valence electrons. The number of carboxylic acids is 1. The van der Waals surface area contributed by atoms with Crippen LogP contribution in [0.25, 0.3) is 11.1 Å². The van der Waals surface area contributed by atoms with E-state index in [1.165, 1.54) is 14.2 Å². The molecule has 0 fully saturated rings. The second kappa shape index (κ2) is 9.65. The Morgan fingerprint density at radius 2 is 1.58 bits per heavy atom. The quantitative estimate of drug-likeness (QED) is 0.537. The number of rotatable bonds is 8. The minimum Gasteiger partial charge on any atom is -0.497 e. The zero-order valence-corrected chi connectivity index (χ0v) is 18.4. The molecule has 0 aromatic heterocycles. The summed E-state index contributed by atoms with van der Waals surface area (Å²) in [5.74, 6) is -0.198. The molecule has 4 rings (SSSR count). The zero-order chi connectivity index (χ0) is 23.4. The van der Waals surface area contributed by atoms with Gasteiger partial charge in [0.25, 0.3) is 0 Å². The van der Waals surface area contributed by atoms with E-state index in [-0.39, 0.29) is 18.9 Å². The van der Waals surface area contributed by atoms with Crippen LogP contribution in [-0.2, 0) is 16.0 Å². The van der Waals surface area contributed by atoms with E-state index in [4.69, 9.17) is 14.2 Å². The summed E-state index contributed by atoms with van der Waals surface area (Å²) in [6.45, 7) is 0.109. The van der Waals surface area contributed by atoms with Gasteiger partial charge in [-0.05, 0) is 33.9 Å². The number of hydrogen-bond donors (Lipinski definition) is 2. The van der Waals surface area contributed by atoms with Gasteiger partial charge in [0, 0.05) is 18.4 Å². The molecule has 0 saturated carbocycles. The normalized spacial score (nSPS) is 12.9. The Balaban J connectivity index is 1.44. The van der Waals surface area contributed by atoms with Crippen molar-refractivity contribution in [1.82, 2.24) is 5.32 Å². The van der Waals surface area contributed by atoms with E-state index >= 15 is 0 Å². The molecule has 1 aliphatic rings. The molecule has 0 bridgehead atoms. The number of carbonyl (C=O) groups is 2. The number of amides is 1. The largest absolute Gasteiger partial charge is 0.497 e. The number of ether oxygens (including phenoxy) is 3. The van der Waals surface area contributed by atoms with Crippen LogP contribution in [-0.4, -0.2) is 44.0 Å². The molecule has 1 aliphatic carbocycles. The summed E-state index contributed by atoms with van der Waals surface area (Å²) >= 11 is 0. The Hall–Kier alpha value is -4.00. The summed E-state index contributed by atoms with van der Waals surface area (Å²) in [7, 11) is 3.03. The number of alkyl carbamates (subject to hydrolysis) is 1. The van der Waals surface area contributed by atoms with Crippen molar-refractivity contribution < 1.29 is 28.9 Å². The van der Waals surface area contributed by atoms with Crippen LogP contribution in [0.3, 0.4) is 0 Å². The molecular formula is C26H25NO6. The molecular weight excluding hydrogens is 422 g/mol. The van der Waals surface area contributed by atoms with Gasteiger partial charge >= 0.3 is 12.1 Å². The van der Waals surface area contributed by atoms with Gasteiger partial charge in [0.15, 0.2) is 0 Å². The molecule has 0 saturated heterocycles. The molecule has 0 radical (unpaired) electrons. The molecule has 1 atom stereocenters. The minimum absolute atomic E-state index is 0.0344. The van der Waals surface area contributed by atoms with Crippen molar-refractivity contribution in [1.29, 1.82) is 0 Å². The number of fused-ring (bicyclic) bond motifs is 3. The number of carboxylic acid groups (broad SMARTS) is 1. The van der Waals surface area contributed by atoms with Crippen LogP contribution in [0.15, 0.2) is 66.7 Å². The predicted molar refractivity (Wildman–Crippen MR) is 123 cm³/mol. The maximum atomic E-state index is 12.5. The first-order valence-corrected chi connectivity index (χ1v) is 10.6. The highest BCUT2D eigenvalue weighted by Gasteiger charge is 2.30. The fraction of sp³-hybridized carbons (Fsp3) is 0.231. The molecule has 0 aliphatic heterocycles. The average molecular weight is 447 g/mol. The smallest absolute Gasteiger partial charge is 0.407 e. The lowest BCUT2D eigenvalue weighted by atomic mass is 9.98. The number of methoxy groups -OCH3 is 2. The molecule has 0 unspecified atom stereocenters. The fourth-order valence-electron chi connectivity index (χ4n) is 4.22. The molecule has 3 aromatic rings. The van der Waals surface area contributed by atoms with Crippen molar-refractivity contribution in [3.63, 3.8) is 0 Å². The molecule has 3 aromatic carbocycles. The standard InChI is InChI=1S/C26H25NO6/c1-31-17-12-11-16(24(14-17)32-2)13-23(25(28)29)27-26(30)33-15-22-20-9-5-3-7-18(20)19-8-4-6-10-21(19)22/h3-12,14,22-23H,13,15H2,1-2H3,(H,27,30)(H,28,29)/t23-/m1/s1. The number of aliphatic carboxylic acids is 1. The summed E-state index contributed by atoms with van der Waals surface area (Å²) < 4.78 is 16.0. The minimum atomic E-state index is -1.18. The van der Waals surface area contributed by atoms with Gasteiger partial charge in [-0.1, -0.05) is 54.6 Å². The second-order valence-corrected chi connectivity index (χ2v) is 7.74. The van der Waals surface area contributed by atoms with Crippen LogP contribution in [0.4, 0.5) is 4.79 Å². The first-order chi connectivity index (χ1) is 16.0. The average Bonchev–Trinajstić information content (AvgIpc) is 3.16. The van der Waals surface area contributed by atoms with E-state index < -0.39 is 18.1 Å². The van der Waals surface area contributed by atoms with Crippen molar-refractivity contribution in [2.75, 3.05) is 20.8 Å². The molecule has 0 spiro atoms. The number of benzene rings is 3. The molecule has 1 amide bonds. The molecule has 33 heavy (non-hydrogen) atoms. The summed E-state index contributed by atoms with van der Waals surface area (Å²) in [4.78, 5) is 24.3. The third-order valence-corrected chi connectivity index (χ3v) is 5.85. The monoisotopic (exact) mass is 447 g/mol. The van der Waals surface area contributed by atoms with Gasteiger partial charge < -0.3 is 24.6 Å². The van der Waals surface area contributed by atoms with Crippen molar-refractivity contribution in [3.05, 3.63) is 83.4 Å². The summed E-state index contributed by atoms with van der Waals surface area (Å²) in [6, 6.07) is 20.0. The number of nitrogens with one attached hydrogen (secondary N) is 1. The fourth-order valence-corrected chi connectivity index (χ4v) is 4.22. The van der Waals surface area contributed by atoms with Gasteiger partial charge in [-0.3, -0.25) is 0 Å². The van der Waals surface area contributed by atoms with E-state index in [0.29, 0.717) is 17.1 Å². The number of carbonyl (C=O) groups excluding carboxylic acids is 1. The molecule has 7 heteroatoms. The molecule has 7 nitrogen and oxygen atoms in total. The first-order valence-electron chi connectivity index (χ1n) is 10.6. The Morgan fingerprint density at radius 1 is 0.939 bits per heavy atom. The van der Waals surface area contributed by atoms with Crippen molar-refractivity contribution in [2.45, 2.75) is 18.4 Å². The first kappa shape index (κ1) is 22.2. The van der Waals surface area contributed by atoms with Gasteiger partial charge in [0.05, 0.1) is 14.2 Å². The van der Waals surface area contributed by atoms with Gasteiger partial charge in [-0.2, -0.15) is 0 Å². The Kier molecular flexibility index (Phi) is 6.49. The van der Waals surface area contributed by atoms with Crippen LogP contribution in [0.5, 0.6) is 11.5 Å². The van der Waals surface area contributed by atoms with E-state index in [2.05, 4.69) is 17.4 Å². The molecule has 0 heterocycles. The lowest BCUT2D eigenvalue weighted by molar-refractivity contribution is -0.139. The Bertz CT molecular complexity index is 1130. The SMILES string of the molecule is COc1ccc(C[C@@H](NC(=O)OCC2c3ccccc3-c3ccccc32)C(=O)O)c(OC)c1. The van der Waals surface area contributed by atoms with Crippen molar-refractivity contribution in [3.8, 4) is 22.6 Å². The third kappa shape index (κ3) is 4.62. The van der Waals surface area contributed by atoms with Gasteiger partial charge in [0.2, 0.25) is 0 Å². The highest BCUT2D eigenvalue weighted by Crippen LogP contribution is 2.44. The molecule has 2 N–H and O–H groups in total. The van der Waals surface area contributed by atoms with E-state index in [1.54, 1.807) is 18.2 Å². The highest BCUT2D eigenvalue weighted by molar-refractivity contribution is 5.81. The van der Waals surface area contributed by atoms with Gasteiger partial charge in [-0.25, -0.2) is 9.59 Å². The Morgan fingerprint density at radius 3 is 2.15 bits per heavy atom. The van der Waals surface area contributed by atoms with E-state index in [9.17, 15) is 14.7 Å².